The van der Waals surface area contributed by atoms with Gasteiger partial charge in [0.15, 0.2) is 0 Å². The minimum atomic E-state index is 0.243. The Bertz CT molecular complexity index is 283. The summed E-state index contributed by atoms with van der Waals surface area (Å²) in [4.78, 5) is 0. The van der Waals surface area contributed by atoms with Crippen molar-refractivity contribution in [2.75, 3.05) is 12.0 Å². The molecule has 1 aromatic rings. The topological polar surface area (TPSA) is 43.8 Å². The van der Waals surface area contributed by atoms with Crippen LogP contribution >= 0.6 is 11.8 Å². The Hall–Kier alpha value is -0.480. The molecular weight excluding hydrogens is 206 g/mol. The number of hydrogen-bond donors (Lipinski definition) is 1. The Morgan fingerprint density at radius 3 is 2.80 bits per heavy atom. The zero-order chi connectivity index (χ0) is 11.3. The number of rotatable bonds is 6. The van der Waals surface area contributed by atoms with E-state index < -0.39 is 0 Å². The van der Waals surface area contributed by atoms with E-state index in [0.29, 0.717) is 6.04 Å². The summed E-state index contributed by atoms with van der Waals surface area (Å²) in [5.74, 6) is 1.13. The normalized spacial score (nSPS) is 13.4. The summed E-state index contributed by atoms with van der Waals surface area (Å²) in [6, 6.07) is 2.74. The molecule has 0 radical (unpaired) electrons. The molecule has 3 nitrogen and oxygen atoms in total. The van der Waals surface area contributed by atoms with Gasteiger partial charge in [-0.05, 0) is 38.3 Å². The van der Waals surface area contributed by atoms with Gasteiger partial charge < -0.3 is 5.73 Å². The maximum Gasteiger partial charge on any atom is 0.0640 e. The first-order valence-electron chi connectivity index (χ1n) is 5.42. The van der Waals surface area contributed by atoms with Crippen LogP contribution in [0.5, 0.6) is 0 Å². The van der Waals surface area contributed by atoms with Crippen molar-refractivity contribution in [3.63, 3.8) is 0 Å². The summed E-state index contributed by atoms with van der Waals surface area (Å²) < 4.78 is 1.98. The fraction of sp³-hybridized carbons (Fsp3) is 0.727. The van der Waals surface area contributed by atoms with Gasteiger partial charge in [0, 0.05) is 24.7 Å². The molecule has 0 saturated heterocycles. The van der Waals surface area contributed by atoms with Crippen molar-refractivity contribution in [2.45, 2.75) is 38.8 Å². The van der Waals surface area contributed by atoms with Crippen LogP contribution in [0.3, 0.4) is 0 Å². The van der Waals surface area contributed by atoms with Crippen LogP contribution in [0.1, 0.15) is 32.0 Å². The molecule has 86 valence electrons. The number of thioether (sulfide) groups is 1. The highest BCUT2D eigenvalue weighted by Gasteiger charge is 2.07. The average Bonchev–Trinajstić information content (AvgIpc) is 2.63. The first-order valence-corrected chi connectivity index (χ1v) is 6.81. The van der Waals surface area contributed by atoms with E-state index in [2.05, 4.69) is 31.3 Å². The molecule has 1 rings (SSSR count). The van der Waals surface area contributed by atoms with Crippen LogP contribution in [0.25, 0.3) is 0 Å². The van der Waals surface area contributed by atoms with E-state index in [4.69, 9.17) is 5.73 Å². The molecule has 0 aliphatic carbocycles. The fourth-order valence-corrected chi connectivity index (χ4v) is 1.95. The fourth-order valence-electron chi connectivity index (χ4n) is 1.41. The van der Waals surface area contributed by atoms with Crippen LogP contribution in [0.4, 0.5) is 0 Å². The van der Waals surface area contributed by atoms with Crippen molar-refractivity contribution in [1.82, 2.24) is 9.78 Å². The zero-order valence-electron chi connectivity index (χ0n) is 9.81. The minimum absolute atomic E-state index is 0.243. The third-order valence-electron chi connectivity index (χ3n) is 2.36. The van der Waals surface area contributed by atoms with Crippen LogP contribution in [0.2, 0.25) is 0 Å². The lowest BCUT2D eigenvalue weighted by Gasteiger charge is -2.08. The Morgan fingerprint density at radius 2 is 2.27 bits per heavy atom. The van der Waals surface area contributed by atoms with E-state index in [0.717, 1.165) is 24.3 Å². The molecule has 0 saturated carbocycles. The third kappa shape index (κ3) is 4.26. The van der Waals surface area contributed by atoms with E-state index in [1.54, 1.807) is 0 Å². The van der Waals surface area contributed by atoms with Crippen LogP contribution in [0.15, 0.2) is 12.3 Å². The second-order valence-corrected chi connectivity index (χ2v) is 5.11. The predicted molar refractivity (Wildman–Crippen MR) is 67.3 cm³/mol. The van der Waals surface area contributed by atoms with Gasteiger partial charge >= 0.3 is 0 Å². The minimum Gasteiger partial charge on any atom is -0.327 e. The summed E-state index contributed by atoms with van der Waals surface area (Å²) in [6.45, 7) is 4.26. The van der Waals surface area contributed by atoms with Gasteiger partial charge in [0.25, 0.3) is 0 Å². The first-order chi connectivity index (χ1) is 7.13. The Labute approximate surface area is 96.4 Å². The summed E-state index contributed by atoms with van der Waals surface area (Å²) in [5.41, 5.74) is 7.12. The monoisotopic (exact) mass is 227 g/mol. The van der Waals surface area contributed by atoms with Crippen molar-refractivity contribution < 1.29 is 0 Å². The van der Waals surface area contributed by atoms with Gasteiger partial charge in [-0.2, -0.15) is 16.9 Å². The number of nitrogens with two attached hydrogens (primary N) is 1. The van der Waals surface area contributed by atoms with Crippen LogP contribution in [-0.2, 0) is 6.42 Å². The lowest BCUT2D eigenvalue weighted by atomic mass is 10.1. The molecule has 0 spiro atoms. The lowest BCUT2D eigenvalue weighted by molar-refractivity contribution is 0.520. The maximum atomic E-state index is 6.01. The second kappa shape index (κ2) is 6.18. The van der Waals surface area contributed by atoms with Crippen molar-refractivity contribution in [2.24, 2.45) is 5.73 Å². The van der Waals surface area contributed by atoms with Gasteiger partial charge in [0.2, 0.25) is 0 Å². The molecule has 2 N–H and O–H groups in total. The molecule has 4 heteroatoms. The third-order valence-corrected chi connectivity index (χ3v) is 3.00. The molecule has 0 aliphatic heterocycles. The van der Waals surface area contributed by atoms with Gasteiger partial charge in [0.05, 0.1) is 5.69 Å². The average molecular weight is 227 g/mol. The Balaban J connectivity index is 2.42. The summed E-state index contributed by atoms with van der Waals surface area (Å²) in [6.07, 6.45) is 6.09. The van der Waals surface area contributed by atoms with E-state index in [-0.39, 0.29) is 6.04 Å². The van der Waals surface area contributed by atoms with Crippen molar-refractivity contribution >= 4 is 11.8 Å². The van der Waals surface area contributed by atoms with Crippen molar-refractivity contribution in [3.8, 4) is 0 Å². The van der Waals surface area contributed by atoms with Gasteiger partial charge in [-0.1, -0.05) is 0 Å². The SMILES string of the molecule is CSCCC(N)Cc1ccn(C(C)C)n1. The molecule has 0 amide bonds. The van der Waals surface area contributed by atoms with Gasteiger partial charge in [0.1, 0.15) is 0 Å². The number of nitrogens with zero attached hydrogens (tertiary/aromatic N) is 2. The standard InChI is InChI=1S/C11H21N3S/c1-9(2)14-6-4-11(13-14)8-10(12)5-7-15-3/h4,6,9-10H,5,7-8,12H2,1-3H3. The van der Waals surface area contributed by atoms with Crippen LogP contribution in [0, 0.1) is 0 Å². The molecule has 1 heterocycles. The second-order valence-electron chi connectivity index (χ2n) is 4.13. The van der Waals surface area contributed by atoms with E-state index in [1.165, 1.54) is 0 Å². The van der Waals surface area contributed by atoms with Crippen LogP contribution < -0.4 is 5.73 Å². The molecule has 15 heavy (non-hydrogen) atoms. The number of hydrogen-bond acceptors (Lipinski definition) is 3. The van der Waals surface area contributed by atoms with Gasteiger partial charge in [-0.3, -0.25) is 4.68 Å². The quantitative estimate of drug-likeness (QED) is 0.809. The highest BCUT2D eigenvalue weighted by Crippen LogP contribution is 2.08. The lowest BCUT2D eigenvalue weighted by Crippen LogP contribution is -2.23. The molecule has 1 unspecified atom stereocenters. The van der Waals surface area contributed by atoms with Crippen molar-refractivity contribution in [3.05, 3.63) is 18.0 Å². The molecule has 0 aromatic carbocycles. The molecule has 0 bridgehead atoms. The molecular formula is C11H21N3S. The summed E-state index contributed by atoms with van der Waals surface area (Å²) in [5, 5.41) is 4.49. The maximum absolute atomic E-state index is 6.01. The Morgan fingerprint density at radius 1 is 1.53 bits per heavy atom. The zero-order valence-corrected chi connectivity index (χ0v) is 10.6. The molecule has 1 aromatic heterocycles. The highest BCUT2D eigenvalue weighted by atomic mass is 32.2. The Kier molecular flexibility index (Phi) is 5.19. The number of aromatic nitrogens is 2. The van der Waals surface area contributed by atoms with Crippen molar-refractivity contribution in [1.29, 1.82) is 0 Å². The van der Waals surface area contributed by atoms with E-state index >= 15 is 0 Å². The molecule has 0 aliphatic rings. The first kappa shape index (κ1) is 12.6. The molecule has 0 fully saturated rings. The smallest absolute Gasteiger partial charge is 0.0640 e. The predicted octanol–water partition coefficient (Wildman–Crippen LogP) is 2.09. The van der Waals surface area contributed by atoms with Gasteiger partial charge in [-0.15, -0.1) is 0 Å². The van der Waals surface area contributed by atoms with E-state index in [9.17, 15) is 0 Å². The summed E-state index contributed by atoms with van der Waals surface area (Å²) in [7, 11) is 0. The summed E-state index contributed by atoms with van der Waals surface area (Å²) >= 11 is 1.85. The van der Waals surface area contributed by atoms with E-state index in [1.807, 2.05) is 22.6 Å². The highest BCUT2D eigenvalue weighted by molar-refractivity contribution is 7.98. The molecule has 1 atom stereocenters. The largest absolute Gasteiger partial charge is 0.327 e. The van der Waals surface area contributed by atoms with Gasteiger partial charge in [-0.25, -0.2) is 0 Å². The van der Waals surface area contributed by atoms with Crippen LogP contribution in [-0.4, -0.2) is 27.8 Å².